The number of unbranched alkanes of at least 4 members (excludes halogenated alkanes) is 15. The van der Waals surface area contributed by atoms with Gasteiger partial charge in [-0.1, -0.05) is 103 Å². The quantitative estimate of drug-likeness (QED) is 0.199. The Morgan fingerprint density at radius 3 is 1.61 bits per heavy atom. The predicted molar refractivity (Wildman–Crippen MR) is 121 cm³/mol. The minimum absolute atomic E-state index is 0.398. The average Bonchev–Trinajstić information content (AvgIpc) is 2.67. The first-order valence-electron chi connectivity index (χ1n) is 11.8. The fraction of sp³-hybridized carbons (Fsp3) is 0.720. The van der Waals surface area contributed by atoms with Crippen molar-refractivity contribution in [2.45, 2.75) is 116 Å². The molecule has 1 rings (SSSR count). The first-order valence-corrected chi connectivity index (χ1v) is 11.8. The summed E-state index contributed by atoms with van der Waals surface area (Å²) in [6.07, 6.45) is 22.4. The summed E-state index contributed by atoms with van der Waals surface area (Å²) in [5, 5.41) is 9.25. The summed E-state index contributed by atoms with van der Waals surface area (Å²) in [5.41, 5.74) is 7.72. The second-order valence-electron chi connectivity index (χ2n) is 8.28. The van der Waals surface area contributed by atoms with Gasteiger partial charge in [-0.15, -0.1) is 0 Å². The molecule has 0 saturated carbocycles. The van der Waals surface area contributed by atoms with E-state index in [1.54, 1.807) is 12.1 Å². The molecule has 1 aromatic carbocycles. The molecule has 0 saturated heterocycles. The van der Waals surface area contributed by atoms with Crippen molar-refractivity contribution in [3.8, 4) is 0 Å². The van der Waals surface area contributed by atoms with Crippen LogP contribution in [-0.2, 0) is 6.42 Å². The van der Waals surface area contributed by atoms with E-state index in [0.717, 1.165) is 18.4 Å². The minimum Gasteiger partial charge on any atom is -0.478 e. The van der Waals surface area contributed by atoms with Gasteiger partial charge >= 0.3 is 5.97 Å². The Balaban J connectivity index is 1.91. The van der Waals surface area contributed by atoms with E-state index in [4.69, 9.17) is 5.73 Å². The number of aryl methyl sites for hydroxylation is 1. The zero-order chi connectivity index (χ0) is 20.5. The molecule has 3 N–H and O–H groups in total. The summed E-state index contributed by atoms with van der Waals surface area (Å²) >= 11 is 0. The second-order valence-corrected chi connectivity index (χ2v) is 8.28. The van der Waals surface area contributed by atoms with Gasteiger partial charge in [0.05, 0.1) is 5.56 Å². The smallest absolute Gasteiger partial charge is 0.335 e. The van der Waals surface area contributed by atoms with Crippen molar-refractivity contribution in [2.75, 3.05) is 5.73 Å². The van der Waals surface area contributed by atoms with Crippen LogP contribution >= 0.6 is 0 Å². The molecule has 0 aromatic heterocycles. The first kappa shape index (κ1) is 24.5. The summed E-state index contributed by atoms with van der Waals surface area (Å²) in [6, 6.07) is 5.11. The van der Waals surface area contributed by atoms with Gasteiger partial charge in [-0.25, -0.2) is 4.79 Å². The lowest BCUT2D eigenvalue weighted by atomic mass is 9.99. The topological polar surface area (TPSA) is 63.3 Å². The zero-order valence-electron chi connectivity index (χ0n) is 18.2. The van der Waals surface area contributed by atoms with Crippen molar-refractivity contribution >= 4 is 11.7 Å². The molecule has 0 heterocycles. The molecular weight excluding hydrogens is 346 g/mol. The number of hydrogen-bond donors (Lipinski definition) is 2. The maximum atomic E-state index is 11.3. The Bertz CT molecular complexity index is 527. The van der Waals surface area contributed by atoms with Crippen LogP contribution in [0.2, 0.25) is 0 Å². The summed E-state index contributed by atoms with van der Waals surface area (Å²) in [4.78, 5) is 11.3. The second kappa shape index (κ2) is 16.4. The van der Waals surface area contributed by atoms with Crippen LogP contribution in [0.25, 0.3) is 0 Å². The molecule has 3 heteroatoms. The molecule has 0 unspecified atom stereocenters. The summed E-state index contributed by atoms with van der Waals surface area (Å²) in [5.74, 6) is -0.855. The van der Waals surface area contributed by atoms with Crippen molar-refractivity contribution in [3.05, 3.63) is 29.3 Å². The van der Waals surface area contributed by atoms with E-state index >= 15 is 0 Å². The van der Waals surface area contributed by atoms with Crippen LogP contribution in [0.1, 0.15) is 126 Å². The molecule has 0 atom stereocenters. The number of carboxylic acid groups (broad SMARTS) is 1. The van der Waals surface area contributed by atoms with E-state index in [-0.39, 0.29) is 0 Å². The molecule has 1 aromatic rings. The van der Waals surface area contributed by atoms with Crippen molar-refractivity contribution in [2.24, 2.45) is 0 Å². The first-order chi connectivity index (χ1) is 13.6. The highest BCUT2D eigenvalue weighted by Crippen LogP contribution is 2.18. The molecule has 0 aliphatic carbocycles. The molecule has 160 valence electrons. The van der Waals surface area contributed by atoms with Gasteiger partial charge in [-0.2, -0.15) is 0 Å². The van der Waals surface area contributed by atoms with Crippen LogP contribution in [0.4, 0.5) is 5.69 Å². The molecule has 0 spiro atoms. The number of anilines is 1. The van der Waals surface area contributed by atoms with E-state index in [0.29, 0.717) is 11.3 Å². The number of hydrogen-bond acceptors (Lipinski definition) is 2. The molecule has 3 nitrogen and oxygen atoms in total. The van der Waals surface area contributed by atoms with Gasteiger partial charge in [0, 0.05) is 5.69 Å². The zero-order valence-corrected chi connectivity index (χ0v) is 18.2. The largest absolute Gasteiger partial charge is 0.478 e. The van der Waals surface area contributed by atoms with Crippen LogP contribution in [0.15, 0.2) is 18.2 Å². The number of aromatic carboxylic acids is 1. The highest BCUT2D eigenvalue weighted by atomic mass is 16.4. The van der Waals surface area contributed by atoms with Gasteiger partial charge < -0.3 is 10.8 Å². The van der Waals surface area contributed by atoms with Gasteiger partial charge in [0.1, 0.15) is 0 Å². The van der Waals surface area contributed by atoms with E-state index in [2.05, 4.69) is 6.92 Å². The Hall–Kier alpha value is -1.51. The highest BCUT2D eigenvalue weighted by molar-refractivity contribution is 5.89. The number of nitrogens with two attached hydrogens (primary N) is 1. The molecule has 28 heavy (non-hydrogen) atoms. The van der Waals surface area contributed by atoms with Crippen molar-refractivity contribution in [1.82, 2.24) is 0 Å². The number of rotatable bonds is 18. The van der Waals surface area contributed by atoms with Gasteiger partial charge in [0.15, 0.2) is 0 Å². The molecular formula is C25H43NO2. The number of carboxylic acids is 1. The Labute approximate surface area is 173 Å². The maximum absolute atomic E-state index is 11.3. The van der Waals surface area contributed by atoms with Crippen LogP contribution < -0.4 is 5.73 Å². The summed E-state index contributed by atoms with van der Waals surface area (Å²) in [6.45, 7) is 2.28. The molecule has 0 aliphatic heterocycles. The lowest BCUT2D eigenvalue weighted by molar-refractivity contribution is 0.0695. The van der Waals surface area contributed by atoms with Crippen LogP contribution in [0.5, 0.6) is 0 Å². The predicted octanol–water partition coefficient (Wildman–Crippen LogP) is 7.77. The molecule has 0 aliphatic rings. The maximum Gasteiger partial charge on any atom is 0.335 e. The van der Waals surface area contributed by atoms with Crippen molar-refractivity contribution in [3.63, 3.8) is 0 Å². The third-order valence-corrected chi connectivity index (χ3v) is 5.66. The average molecular weight is 390 g/mol. The standard InChI is InChI=1S/C25H43NO2/c1-2-3-4-5-6-7-8-9-10-11-12-13-14-15-16-17-18-22-21-23(26)19-20-24(22)25(27)28/h19-21H,2-18,26H2,1H3,(H,27,28). The molecule has 0 fully saturated rings. The highest BCUT2D eigenvalue weighted by Gasteiger charge is 2.09. The van der Waals surface area contributed by atoms with E-state index in [9.17, 15) is 9.90 Å². The van der Waals surface area contributed by atoms with Crippen LogP contribution in [-0.4, -0.2) is 11.1 Å². The molecule has 0 radical (unpaired) electrons. The molecule has 0 amide bonds. The third-order valence-electron chi connectivity index (χ3n) is 5.66. The lowest BCUT2D eigenvalue weighted by Crippen LogP contribution is -2.03. The van der Waals surface area contributed by atoms with E-state index in [1.165, 1.54) is 96.3 Å². The van der Waals surface area contributed by atoms with Crippen LogP contribution in [0, 0.1) is 0 Å². The number of benzene rings is 1. The van der Waals surface area contributed by atoms with E-state index < -0.39 is 5.97 Å². The van der Waals surface area contributed by atoms with Gasteiger partial charge in [-0.05, 0) is 36.6 Å². The van der Waals surface area contributed by atoms with E-state index in [1.807, 2.05) is 6.07 Å². The normalized spacial score (nSPS) is 11.0. The van der Waals surface area contributed by atoms with Gasteiger partial charge in [0.2, 0.25) is 0 Å². The van der Waals surface area contributed by atoms with Gasteiger partial charge in [-0.3, -0.25) is 0 Å². The Morgan fingerprint density at radius 1 is 0.750 bits per heavy atom. The lowest BCUT2D eigenvalue weighted by Gasteiger charge is -2.07. The number of nitrogen functional groups attached to an aromatic ring is 1. The monoisotopic (exact) mass is 389 g/mol. The fourth-order valence-electron chi connectivity index (χ4n) is 3.89. The third kappa shape index (κ3) is 12.0. The van der Waals surface area contributed by atoms with Crippen molar-refractivity contribution < 1.29 is 9.90 Å². The fourth-order valence-corrected chi connectivity index (χ4v) is 3.89. The number of carbonyl (C=O) groups is 1. The minimum atomic E-state index is -0.855. The van der Waals surface area contributed by atoms with Crippen LogP contribution in [0.3, 0.4) is 0 Å². The van der Waals surface area contributed by atoms with Crippen molar-refractivity contribution in [1.29, 1.82) is 0 Å². The SMILES string of the molecule is CCCCCCCCCCCCCCCCCCc1cc(N)ccc1C(=O)O. The Kier molecular flexibility index (Phi) is 14.4. The molecule has 0 bridgehead atoms. The summed E-state index contributed by atoms with van der Waals surface area (Å²) in [7, 11) is 0. The summed E-state index contributed by atoms with van der Waals surface area (Å²) < 4.78 is 0. The Morgan fingerprint density at radius 2 is 1.18 bits per heavy atom. The van der Waals surface area contributed by atoms with Gasteiger partial charge in [0.25, 0.3) is 0 Å².